The molecule has 0 aliphatic carbocycles. The average molecular weight is 400 g/mol. The lowest BCUT2D eigenvalue weighted by molar-refractivity contribution is -0.734. The number of ether oxygens (including phenoxy) is 1. The Balaban J connectivity index is 1.84. The summed E-state index contributed by atoms with van der Waals surface area (Å²) in [6, 6.07) is 5.78. The molecule has 7 heteroatoms. The molecule has 2 fully saturated rings. The first kappa shape index (κ1) is 20.0. The summed E-state index contributed by atoms with van der Waals surface area (Å²) < 4.78 is 5.11. The molecule has 7 nitrogen and oxygen atoms in total. The third-order valence-corrected chi connectivity index (χ3v) is 6.73. The van der Waals surface area contributed by atoms with Crippen LogP contribution in [0.3, 0.4) is 0 Å². The van der Waals surface area contributed by atoms with Crippen molar-refractivity contribution in [2.45, 2.75) is 45.2 Å². The van der Waals surface area contributed by atoms with Crippen molar-refractivity contribution in [3.05, 3.63) is 29.3 Å². The van der Waals surface area contributed by atoms with Crippen LogP contribution in [0.4, 0.5) is 5.69 Å². The maximum Gasteiger partial charge on any atom is 0.291 e. The van der Waals surface area contributed by atoms with E-state index >= 15 is 0 Å². The lowest BCUT2D eigenvalue weighted by Gasteiger charge is -2.26. The minimum absolute atomic E-state index is 0.106. The number of quaternary nitrogens is 1. The number of nitrogens with two attached hydrogens (primary N) is 1. The van der Waals surface area contributed by atoms with Gasteiger partial charge in [0.25, 0.3) is 5.91 Å². The van der Waals surface area contributed by atoms with Crippen molar-refractivity contribution in [1.82, 2.24) is 4.90 Å². The third-order valence-electron chi connectivity index (χ3n) is 6.73. The molecule has 29 heavy (non-hydrogen) atoms. The number of methoxy groups -OCH3 is 1. The van der Waals surface area contributed by atoms with Crippen LogP contribution in [0.5, 0.6) is 0 Å². The number of imide groups is 1. The summed E-state index contributed by atoms with van der Waals surface area (Å²) in [5, 5.41) is 5.07. The zero-order chi connectivity index (χ0) is 20.9. The third kappa shape index (κ3) is 2.74. The molecule has 3 aliphatic heterocycles. The molecule has 3 amide bonds. The number of fused-ring (bicyclic) bond motifs is 4. The molecule has 1 aromatic rings. The second-order valence-corrected chi connectivity index (χ2v) is 8.80. The van der Waals surface area contributed by atoms with Crippen molar-refractivity contribution in [1.29, 1.82) is 0 Å². The van der Waals surface area contributed by atoms with Crippen molar-refractivity contribution in [3.63, 3.8) is 0 Å². The summed E-state index contributed by atoms with van der Waals surface area (Å²) in [6.07, 6.45) is 1.56. The molecular weight excluding hydrogens is 370 g/mol. The fourth-order valence-corrected chi connectivity index (χ4v) is 5.57. The Kier molecular flexibility index (Phi) is 4.99. The number of nitrogens with one attached hydrogen (secondary N) is 1. The van der Waals surface area contributed by atoms with Crippen molar-refractivity contribution < 1.29 is 24.4 Å². The Bertz CT molecular complexity index is 868. The molecule has 3 N–H and O–H groups in total. The number of hydrogen-bond donors (Lipinski definition) is 2. The van der Waals surface area contributed by atoms with Crippen molar-refractivity contribution in [2.24, 2.45) is 17.8 Å². The van der Waals surface area contributed by atoms with Gasteiger partial charge in [-0.05, 0) is 17.9 Å². The molecule has 156 valence electrons. The van der Waals surface area contributed by atoms with Crippen LogP contribution in [0.25, 0.3) is 0 Å². The molecule has 3 heterocycles. The lowest BCUT2D eigenvalue weighted by Crippen LogP contribution is -2.99. The summed E-state index contributed by atoms with van der Waals surface area (Å²) in [7, 11) is 1.55. The standard InChI is InChI=1S/C22H29N3O4/c1-5-13-7-6-8-14-18(13)23-21(28)22(14)17-16(15(24-22)11-12(2)3)19(26)25(20(17)27)9-10-29-4/h6-8,12,15-17,24H,5,9-11H2,1-4H3,(H,23,28)/p+1/t15-,16+,17-,22+/m0/s1. The number of anilines is 1. The normalized spacial score (nSPS) is 30.4. The van der Waals surface area contributed by atoms with Gasteiger partial charge in [0, 0.05) is 19.1 Å². The summed E-state index contributed by atoms with van der Waals surface area (Å²) >= 11 is 0. The van der Waals surface area contributed by atoms with Crippen molar-refractivity contribution in [3.8, 4) is 0 Å². The SMILES string of the molecule is CCc1cccc2c1NC(=O)[C@@]21[NH2+][C@@H](CC(C)C)[C@H]2C(=O)N(CCOC)C(=O)[C@H]21. The van der Waals surface area contributed by atoms with Crippen molar-refractivity contribution >= 4 is 23.4 Å². The summed E-state index contributed by atoms with van der Waals surface area (Å²) in [5.74, 6) is -1.39. The van der Waals surface area contributed by atoms with Gasteiger partial charge in [-0.15, -0.1) is 0 Å². The molecular formula is C22H30N3O4+. The van der Waals surface area contributed by atoms with Crippen molar-refractivity contribution in [2.75, 3.05) is 25.6 Å². The molecule has 1 aromatic carbocycles. The molecule has 2 saturated heterocycles. The van der Waals surface area contributed by atoms with Crippen LogP contribution in [-0.2, 0) is 31.1 Å². The monoisotopic (exact) mass is 400 g/mol. The van der Waals surface area contributed by atoms with E-state index in [2.05, 4.69) is 19.2 Å². The zero-order valence-corrected chi connectivity index (χ0v) is 17.5. The number of carbonyl (C=O) groups excluding carboxylic acids is 3. The summed E-state index contributed by atoms with van der Waals surface area (Å²) in [6.45, 7) is 6.79. The minimum atomic E-state index is -1.07. The van der Waals surface area contributed by atoms with Crippen LogP contribution in [-0.4, -0.2) is 48.9 Å². The molecule has 1 spiro atoms. The predicted molar refractivity (Wildman–Crippen MR) is 107 cm³/mol. The molecule has 0 aromatic heterocycles. The highest BCUT2D eigenvalue weighted by Crippen LogP contribution is 2.50. The Morgan fingerprint density at radius 3 is 2.66 bits per heavy atom. The van der Waals surface area contributed by atoms with Gasteiger partial charge in [-0.1, -0.05) is 39.0 Å². The number of aryl methyl sites for hydroxylation is 1. The smallest absolute Gasteiger partial charge is 0.291 e. The van der Waals surface area contributed by atoms with Gasteiger partial charge in [-0.25, -0.2) is 0 Å². The number of benzene rings is 1. The Morgan fingerprint density at radius 1 is 1.24 bits per heavy atom. The Morgan fingerprint density at radius 2 is 2.00 bits per heavy atom. The van der Waals surface area contributed by atoms with E-state index in [4.69, 9.17) is 4.74 Å². The fourth-order valence-electron chi connectivity index (χ4n) is 5.57. The largest absolute Gasteiger partial charge is 0.383 e. The topological polar surface area (TPSA) is 92.3 Å². The average Bonchev–Trinajstić information content (AvgIpc) is 3.25. The lowest BCUT2D eigenvalue weighted by atomic mass is 9.76. The van der Waals surface area contributed by atoms with Gasteiger partial charge in [0.15, 0.2) is 0 Å². The highest BCUT2D eigenvalue weighted by atomic mass is 16.5. The van der Waals surface area contributed by atoms with Gasteiger partial charge in [0.2, 0.25) is 17.4 Å². The molecule has 0 unspecified atom stereocenters. The van der Waals surface area contributed by atoms with Gasteiger partial charge in [0.05, 0.1) is 18.8 Å². The fraction of sp³-hybridized carbons (Fsp3) is 0.591. The highest BCUT2D eigenvalue weighted by molar-refractivity contribution is 6.14. The van der Waals surface area contributed by atoms with Crippen LogP contribution < -0.4 is 10.6 Å². The van der Waals surface area contributed by atoms with Gasteiger partial charge in [-0.2, -0.15) is 0 Å². The molecule has 0 saturated carbocycles. The molecule has 0 radical (unpaired) electrons. The van der Waals surface area contributed by atoms with Crippen LogP contribution in [0.2, 0.25) is 0 Å². The van der Waals surface area contributed by atoms with E-state index < -0.39 is 17.4 Å². The van der Waals surface area contributed by atoms with Gasteiger partial charge in [-0.3, -0.25) is 19.3 Å². The molecule has 3 aliphatic rings. The first-order valence-corrected chi connectivity index (χ1v) is 10.5. The van der Waals surface area contributed by atoms with Crippen LogP contribution in [0, 0.1) is 17.8 Å². The van der Waals surface area contributed by atoms with Gasteiger partial charge < -0.3 is 15.4 Å². The molecule has 4 rings (SSSR count). The van der Waals surface area contributed by atoms with Crippen LogP contribution in [0.15, 0.2) is 18.2 Å². The summed E-state index contributed by atoms with van der Waals surface area (Å²) in [4.78, 5) is 41.5. The summed E-state index contributed by atoms with van der Waals surface area (Å²) in [5.41, 5.74) is 1.64. The van der Waals surface area contributed by atoms with E-state index in [1.807, 2.05) is 30.4 Å². The maximum atomic E-state index is 13.5. The number of likely N-dealkylation sites (tertiary alicyclic amines) is 1. The molecule has 0 bridgehead atoms. The van der Waals surface area contributed by atoms with Crippen LogP contribution in [0.1, 0.15) is 38.3 Å². The van der Waals surface area contributed by atoms with Crippen LogP contribution >= 0.6 is 0 Å². The molecule has 4 atom stereocenters. The maximum absolute atomic E-state index is 13.5. The zero-order valence-electron chi connectivity index (χ0n) is 17.5. The van der Waals surface area contributed by atoms with E-state index in [1.165, 1.54) is 4.90 Å². The van der Waals surface area contributed by atoms with E-state index in [1.54, 1.807) is 7.11 Å². The minimum Gasteiger partial charge on any atom is -0.383 e. The number of rotatable bonds is 6. The number of carbonyl (C=O) groups is 3. The van der Waals surface area contributed by atoms with E-state index in [0.717, 1.165) is 29.7 Å². The number of nitrogens with zero attached hydrogens (tertiary/aromatic N) is 1. The van der Waals surface area contributed by atoms with E-state index in [9.17, 15) is 14.4 Å². The second-order valence-electron chi connectivity index (χ2n) is 8.80. The van der Waals surface area contributed by atoms with E-state index in [0.29, 0.717) is 12.5 Å². The first-order chi connectivity index (χ1) is 13.9. The van der Waals surface area contributed by atoms with E-state index in [-0.39, 0.29) is 30.3 Å². The number of amides is 3. The highest BCUT2D eigenvalue weighted by Gasteiger charge is 2.74. The second kappa shape index (κ2) is 7.22. The Hall–Kier alpha value is -2.25. The Labute approximate surface area is 171 Å². The number of para-hydroxylation sites is 1. The first-order valence-electron chi connectivity index (χ1n) is 10.5. The predicted octanol–water partition coefficient (Wildman–Crippen LogP) is 0.636. The number of hydrogen-bond acceptors (Lipinski definition) is 4. The quantitative estimate of drug-likeness (QED) is 0.686. The van der Waals surface area contributed by atoms with Gasteiger partial charge >= 0.3 is 0 Å². The van der Waals surface area contributed by atoms with Gasteiger partial charge in [0.1, 0.15) is 17.9 Å².